The number of unbranched alkanes of at least 4 members (excludes halogenated alkanes) is 1. The fraction of sp³-hybridized carbons (Fsp3) is 0.393. The molecule has 0 spiro atoms. The molecule has 0 aliphatic carbocycles. The summed E-state index contributed by atoms with van der Waals surface area (Å²) in [5.41, 5.74) is 6.58. The van der Waals surface area contributed by atoms with Gasteiger partial charge in [0.2, 0.25) is 17.7 Å². The van der Waals surface area contributed by atoms with Crippen LogP contribution < -0.4 is 44.7 Å². The van der Waals surface area contributed by atoms with Crippen molar-refractivity contribution in [3.05, 3.63) is 130 Å². The van der Waals surface area contributed by atoms with E-state index in [0.717, 1.165) is 39.1 Å². The molecule has 7 amide bonds. The maximum absolute atomic E-state index is 13.2. The van der Waals surface area contributed by atoms with E-state index in [2.05, 4.69) is 33.8 Å². The molecule has 87 heavy (non-hydrogen) atoms. The summed E-state index contributed by atoms with van der Waals surface area (Å²) in [6.45, 7) is 4.04. The Morgan fingerprint density at radius 2 is 0.897 bits per heavy atom. The van der Waals surface area contributed by atoms with Crippen molar-refractivity contribution < 1.29 is 119 Å². The van der Waals surface area contributed by atoms with Crippen LogP contribution in [0.2, 0.25) is 0 Å². The number of nitrogens with zero attached hydrogens (tertiary/aromatic N) is 4. The summed E-state index contributed by atoms with van der Waals surface area (Å²) in [6, 6.07) is 30.3. The van der Waals surface area contributed by atoms with Crippen LogP contribution in [0.15, 0.2) is 97.1 Å². The maximum Gasteiger partial charge on any atom is 1.00 e. The molecule has 8 rings (SSSR count). The number of carbonyl (C=O) groups is 9. The van der Waals surface area contributed by atoms with Gasteiger partial charge in [0.15, 0.2) is 0 Å². The predicted molar refractivity (Wildman–Crippen MR) is 303 cm³/mol. The third-order valence-corrected chi connectivity index (χ3v) is 14.3. The number of amides is 7. The minimum atomic E-state index is -5.04. The summed E-state index contributed by atoms with van der Waals surface area (Å²) < 4.78 is 60.2. The Labute approximate surface area is 525 Å². The third-order valence-electron chi connectivity index (χ3n) is 13.2. The standard InChI is InChI=1S/C36H43N3O11.C25H22N2O8S.Na/c40-32(37-16-13-33(41)38-27-30-7-2-1-5-28(30)9-10-29-6-3-4-8-31(29)38)14-17-45-19-21-47-23-25-49-26-24-48-22-20-46-18-15-36(44)50-39-34(42)11-12-35(39)43;28-22(11-5-6-12-24(30)35-27-23(29)15-21(25(27)31)36(32,33)34)26-16-19-9-2-1-7-17(19)13-14-18-8-3-4-10-20(18)26;/h1-8H,11-27H2,(H,37,40);1-4,7-10,21H,5-6,11-12,15-16H2,(H,32,33,34);/q;;+1/p-1. The molecule has 0 saturated carbocycles. The molecule has 0 bridgehead atoms. The summed E-state index contributed by atoms with van der Waals surface area (Å²) in [5.74, 6) is 7.04. The smallest absolute Gasteiger partial charge is 0.747 e. The molecule has 4 heterocycles. The number of carbonyl (C=O) groups excluding carboxylic acids is 9. The Morgan fingerprint density at radius 3 is 1.39 bits per heavy atom. The first-order valence-electron chi connectivity index (χ1n) is 27.8. The van der Waals surface area contributed by atoms with Crippen molar-refractivity contribution in [3.63, 3.8) is 0 Å². The molecule has 4 aliphatic heterocycles. The van der Waals surface area contributed by atoms with Crippen LogP contribution in [0.5, 0.6) is 0 Å². The van der Waals surface area contributed by atoms with Gasteiger partial charge in [-0.15, -0.1) is 10.1 Å². The molecular formula is C61H64N5NaO19S. The molecule has 1 atom stereocenters. The number of fused-ring (bicyclic) bond motifs is 4. The van der Waals surface area contributed by atoms with Crippen LogP contribution in [-0.4, -0.2) is 154 Å². The zero-order chi connectivity index (χ0) is 61.3. The van der Waals surface area contributed by atoms with E-state index in [4.69, 9.17) is 28.5 Å². The Bertz CT molecular complexity index is 3360. The number of imide groups is 2. The van der Waals surface area contributed by atoms with E-state index in [9.17, 15) is 56.1 Å². The zero-order valence-electron chi connectivity index (χ0n) is 48.0. The van der Waals surface area contributed by atoms with Crippen molar-refractivity contribution in [1.29, 1.82) is 0 Å². The van der Waals surface area contributed by atoms with Crippen LogP contribution in [0, 0.1) is 23.7 Å². The number of hydroxylamine groups is 4. The third kappa shape index (κ3) is 21.3. The van der Waals surface area contributed by atoms with Gasteiger partial charge in [-0.3, -0.25) is 33.6 Å². The molecule has 4 aromatic rings. The maximum atomic E-state index is 13.2. The Morgan fingerprint density at radius 1 is 0.494 bits per heavy atom. The van der Waals surface area contributed by atoms with Gasteiger partial charge in [0.1, 0.15) is 15.4 Å². The normalized spacial score (nSPS) is 14.7. The summed E-state index contributed by atoms with van der Waals surface area (Å²) >= 11 is 0. The second kappa shape index (κ2) is 35.2. The van der Waals surface area contributed by atoms with E-state index >= 15 is 0 Å². The van der Waals surface area contributed by atoms with Crippen LogP contribution in [0.1, 0.15) is 97.6 Å². The van der Waals surface area contributed by atoms with Gasteiger partial charge in [-0.25, -0.2) is 18.0 Å². The Balaban J connectivity index is 0.000000289. The van der Waals surface area contributed by atoms with Gasteiger partial charge < -0.3 is 53.0 Å². The monoisotopic (exact) mass is 1230 g/mol. The van der Waals surface area contributed by atoms with E-state index in [1.807, 2.05) is 97.1 Å². The summed E-state index contributed by atoms with van der Waals surface area (Å²) in [5, 5.41) is 1.25. The summed E-state index contributed by atoms with van der Waals surface area (Å²) in [6.07, 6.45) is -0.0880. The number of hydrogen-bond donors (Lipinski definition) is 1. The largest absolute Gasteiger partial charge is 1.00 e. The van der Waals surface area contributed by atoms with Crippen molar-refractivity contribution in [2.45, 2.75) is 82.5 Å². The number of anilines is 2. The van der Waals surface area contributed by atoms with E-state index < -0.39 is 57.4 Å². The van der Waals surface area contributed by atoms with Crippen LogP contribution in [0.4, 0.5) is 11.4 Å². The quantitative estimate of drug-likeness (QED) is 0.0255. The average molecular weight is 1230 g/mol. The van der Waals surface area contributed by atoms with Crippen molar-refractivity contribution in [2.24, 2.45) is 0 Å². The molecule has 0 aromatic heterocycles. The first-order chi connectivity index (χ1) is 41.6. The number of hydrogen-bond acceptors (Lipinski definition) is 19. The topological polar surface area (TPSA) is 300 Å². The number of nitrogens with one attached hydrogen (secondary N) is 1. The number of rotatable bonds is 29. The molecule has 24 nitrogen and oxygen atoms in total. The summed E-state index contributed by atoms with van der Waals surface area (Å²) in [7, 11) is -5.04. The van der Waals surface area contributed by atoms with Crippen molar-refractivity contribution >= 4 is 74.8 Å². The van der Waals surface area contributed by atoms with Crippen LogP contribution in [0.3, 0.4) is 0 Å². The molecule has 0 radical (unpaired) electrons. The second-order valence-electron chi connectivity index (χ2n) is 19.4. The SMILES string of the molecule is O=C(CCCCC(=O)N1Cc2ccccc2C#Cc2ccccc21)ON1C(=O)CC(S(=O)(=O)[O-])C1=O.O=C(CCOCCOCCOCCOCCOCCC(=O)ON1C(=O)CCC1=O)NCCC(=O)N1Cc2ccccc2C#Cc2ccccc21.[Na+]. The molecule has 1 unspecified atom stereocenters. The number of benzene rings is 4. The van der Waals surface area contributed by atoms with Crippen molar-refractivity contribution in [1.82, 2.24) is 15.4 Å². The van der Waals surface area contributed by atoms with Crippen molar-refractivity contribution in [3.8, 4) is 23.7 Å². The molecular weight excluding hydrogens is 1160 g/mol. The fourth-order valence-electron chi connectivity index (χ4n) is 8.79. The van der Waals surface area contributed by atoms with Gasteiger partial charge in [-0.2, -0.15) is 0 Å². The first kappa shape index (κ1) is 68.5. The fourth-order valence-corrected chi connectivity index (χ4v) is 9.48. The molecule has 4 aromatic carbocycles. The van der Waals surface area contributed by atoms with Crippen LogP contribution >= 0.6 is 0 Å². The minimum Gasteiger partial charge on any atom is -0.747 e. The van der Waals surface area contributed by atoms with Gasteiger partial charge in [0.25, 0.3) is 23.6 Å². The minimum absolute atomic E-state index is 0. The van der Waals surface area contributed by atoms with Crippen LogP contribution in [-0.2, 0) is 99.7 Å². The van der Waals surface area contributed by atoms with E-state index in [-0.39, 0.29) is 130 Å². The molecule has 1 N–H and O–H groups in total. The van der Waals surface area contributed by atoms with Gasteiger partial charge in [0.05, 0.1) is 103 Å². The van der Waals surface area contributed by atoms with Crippen LogP contribution in [0.25, 0.3) is 0 Å². The predicted octanol–water partition coefficient (Wildman–Crippen LogP) is 0.538. The summed E-state index contributed by atoms with van der Waals surface area (Å²) in [4.78, 5) is 122. The zero-order valence-corrected chi connectivity index (χ0v) is 50.8. The molecule has 454 valence electrons. The van der Waals surface area contributed by atoms with E-state index in [1.54, 1.807) is 9.80 Å². The van der Waals surface area contributed by atoms with Crippen molar-refractivity contribution in [2.75, 3.05) is 82.4 Å². The molecule has 4 aliphatic rings. The first-order valence-corrected chi connectivity index (χ1v) is 29.3. The molecule has 26 heteroatoms. The molecule has 2 saturated heterocycles. The van der Waals surface area contributed by atoms with Gasteiger partial charge in [-0.05, 0) is 60.4 Å². The number of para-hydroxylation sites is 2. The second-order valence-corrected chi connectivity index (χ2v) is 21.0. The Kier molecular flexibility index (Phi) is 27.7. The average Bonchev–Trinajstić information content (AvgIpc) is 4.17. The van der Waals surface area contributed by atoms with E-state index in [1.165, 1.54) is 0 Å². The molecule has 2 fully saturated rings. The van der Waals surface area contributed by atoms with Gasteiger partial charge in [-0.1, -0.05) is 84.3 Å². The Hall–Kier alpha value is -7.66. The van der Waals surface area contributed by atoms with Gasteiger partial charge in [0, 0.05) is 67.3 Å². The van der Waals surface area contributed by atoms with Gasteiger partial charge >= 0.3 is 41.5 Å². The van der Waals surface area contributed by atoms with E-state index in [0.29, 0.717) is 76.5 Å². The number of ether oxygens (including phenoxy) is 5.